The largest absolute Gasteiger partial charge is 0.458 e. The fourth-order valence-corrected chi connectivity index (χ4v) is 9.32. The normalized spacial score (nSPS) is 16.0. The van der Waals surface area contributed by atoms with Crippen molar-refractivity contribution in [1.29, 1.82) is 5.26 Å². The molecule has 54 heavy (non-hydrogen) atoms. The maximum absolute atomic E-state index is 10.9. The lowest BCUT2D eigenvalue weighted by Crippen LogP contribution is -2.23. The van der Waals surface area contributed by atoms with E-state index in [4.69, 9.17) is 8.83 Å². The molecule has 5 heteroatoms. The molecule has 1 unspecified atom stereocenters. The number of anilines is 2. The molecule has 0 saturated carbocycles. The van der Waals surface area contributed by atoms with E-state index in [0.717, 1.165) is 94.2 Å². The first-order valence-electron chi connectivity index (χ1n) is 18.3. The summed E-state index contributed by atoms with van der Waals surface area (Å²) in [5.41, 5.74) is 12.6. The number of nitrogens with zero attached hydrogens (tertiary/aromatic N) is 3. The molecule has 0 N–H and O–H groups in total. The predicted octanol–water partition coefficient (Wildman–Crippen LogP) is 13.0. The van der Waals surface area contributed by atoms with Crippen LogP contribution in [-0.2, 0) is 0 Å². The van der Waals surface area contributed by atoms with Gasteiger partial charge in [-0.3, -0.25) is 0 Å². The molecule has 12 rings (SSSR count). The van der Waals surface area contributed by atoms with Gasteiger partial charge in [0.15, 0.2) is 5.58 Å². The number of rotatable bonds is 3. The van der Waals surface area contributed by atoms with E-state index in [2.05, 4.69) is 155 Å². The van der Waals surface area contributed by atoms with Crippen LogP contribution in [0.4, 0.5) is 11.4 Å². The Morgan fingerprint density at radius 1 is 0.574 bits per heavy atom. The third-order valence-electron chi connectivity index (χ3n) is 11.6. The van der Waals surface area contributed by atoms with Gasteiger partial charge in [0.05, 0.1) is 28.4 Å². The minimum absolute atomic E-state index is 0.0803. The molecule has 10 aromatic rings. The van der Waals surface area contributed by atoms with Gasteiger partial charge in [0.1, 0.15) is 23.0 Å². The zero-order valence-electron chi connectivity index (χ0n) is 28.9. The zero-order chi connectivity index (χ0) is 35.5. The lowest BCUT2D eigenvalue weighted by atomic mass is 9.86. The molecule has 0 bridgehead atoms. The molecule has 1 aliphatic heterocycles. The number of fused-ring (bicyclic) bond motifs is 14. The average molecular weight is 692 g/mol. The summed E-state index contributed by atoms with van der Waals surface area (Å²) < 4.78 is 15.6. The van der Waals surface area contributed by atoms with Crippen molar-refractivity contribution in [2.45, 2.75) is 12.0 Å². The minimum atomic E-state index is -0.0803. The summed E-state index contributed by atoms with van der Waals surface area (Å²) in [6.45, 7) is 0. The van der Waals surface area contributed by atoms with Crippen LogP contribution in [0.5, 0.6) is 0 Å². The van der Waals surface area contributed by atoms with E-state index >= 15 is 0 Å². The molecule has 1 aliphatic carbocycles. The number of nitriles is 1. The third kappa shape index (κ3) is 3.86. The highest BCUT2D eigenvalue weighted by Crippen LogP contribution is 2.57. The summed E-state index contributed by atoms with van der Waals surface area (Å²) in [4.78, 5) is 2.37. The van der Waals surface area contributed by atoms with Crippen LogP contribution in [0.3, 0.4) is 0 Å². The highest BCUT2D eigenvalue weighted by molar-refractivity contribution is 6.21. The van der Waals surface area contributed by atoms with Crippen molar-refractivity contribution in [3.63, 3.8) is 0 Å². The molecule has 5 nitrogen and oxygen atoms in total. The van der Waals surface area contributed by atoms with Crippen molar-refractivity contribution in [1.82, 2.24) is 4.57 Å². The molecule has 0 saturated heterocycles. The molecule has 2 aliphatic rings. The number of aromatic nitrogens is 1. The lowest BCUT2D eigenvalue weighted by Gasteiger charge is -2.31. The third-order valence-corrected chi connectivity index (χ3v) is 11.6. The van der Waals surface area contributed by atoms with Crippen LogP contribution in [0, 0.1) is 11.3 Å². The van der Waals surface area contributed by atoms with Crippen LogP contribution in [0.15, 0.2) is 167 Å². The first kappa shape index (κ1) is 29.3. The molecule has 0 spiro atoms. The maximum atomic E-state index is 10.9. The highest BCUT2D eigenvalue weighted by atomic mass is 16.3. The van der Waals surface area contributed by atoms with Gasteiger partial charge < -0.3 is 18.3 Å². The van der Waals surface area contributed by atoms with Gasteiger partial charge in [0.25, 0.3) is 0 Å². The first-order chi connectivity index (χ1) is 26.8. The lowest BCUT2D eigenvalue weighted by molar-refractivity contribution is 0.478. The van der Waals surface area contributed by atoms with Crippen LogP contribution >= 0.6 is 0 Å². The summed E-state index contributed by atoms with van der Waals surface area (Å²) in [6, 6.07) is 55.2. The molecule has 3 aromatic heterocycles. The van der Waals surface area contributed by atoms with Crippen LogP contribution in [0.25, 0.3) is 77.6 Å². The standard InChI is InChI=1S/C49H29N3O2/c50-28-29-27-30(51-41-16-6-2-12-33(41)37-23-25-39-35-14-4-9-19-44(35)53-48(39)46(37)51)21-22-31(29)32-11-1-7-17-42(32)52-43-18-8-3-13-34(43)38-24-26-40-36-15-5-10-20-45(36)54-49(40)47(38)52/h1-27,37,46H/t37-,46?/m0/s1. The summed E-state index contributed by atoms with van der Waals surface area (Å²) in [5, 5.41) is 16.5. The molecule has 0 amide bonds. The number of hydrogen-bond acceptors (Lipinski definition) is 4. The van der Waals surface area contributed by atoms with E-state index < -0.39 is 0 Å². The van der Waals surface area contributed by atoms with Crippen LogP contribution in [-0.4, -0.2) is 4.57 Å². The summed E-state index contributed by atoms with van der Waals surface area (Å²) in [6.07, 6.45) is 4.53. The average Bonchev–Trinajstić information content (AvgIpc) is 3.98. The van der Waals surface area contributed by atoms with Gasteiger partial charge in [-0.1, -0.05) is 115 Å². The predicted molar refractivity (Wildman–Crippen MR) is 218 cm³/mol. The van der Waals surface area contributed by atoms with Crippen molar-refractivity contribution < 1.29 is 8.83 Å². The molecule has 252 valence electrons. The Morgan fingerprint density at radius 2 is 1.28 bits per heavy atom. The van der Waals surface area contributed by atoms with Crippen molar-refractivity contribution in [3.05, 3.63) is 180 Å². The van der Waals surface area contributed by atoms with Gasteiger partial charge in [-0.25, -0.2) is 0 Å². The van der Waals surface area contributed by atoms with Crippen molar-refractivity contribution in [2.75, 3.05) is 4.90 Å². The van der Waals surface area contributed by atoms with Gasteiger partial charge in [-0.15, -0.1) is 0 Å². The zero-order valence-corrected chi connectivity index (χ0v) is 28.9. The molecular formula is C49H29N3O2. The van der Waals surface area contributed by atoms with Gasteiger partial charge in [-0.05, 0) is 54.1 Å². The SMILES string of the molecule is N#Cc1cc(N2c3ccccc3[C@@H]3C=Cc4c(oc5ccccc45)C32)ccc1-c1ccccc1-n1c2ccccc2c2ccc3c4ccccc4oc3c21. The molecule has 7 aromatic carbocycles. The Hall–Kier alpha value is -7.29. The quantitative estimate of drug-likeness (QED) is 0.185. The molecule has 0 radical (unpaired) electrons. The number of benzene rings is 7. The number of hydrogen-bond donors (Lipinski definition) is 0. The molecule has 0 fully saturated rings. The Bertz CT molecular complexity index is 3280. The summed E-state index contributed by atoms with van der Waals surface area (Å²) >= 11 is 0. The van der Waals surface area contributed by atoms with Gasteiger partial charge >= 0.3 is 0 Å². The number of para-hydroxylation sites is 5. The van der Waals surface area contributed by atoms with Gasteiger partial charge in [-0.2, -0.15) is 5.26 Å². The second-order valence-electron chi connectivity index (χ2n) is 14.3. The van der Waals surface area contributed by atoms with E-state index in [1.165, 1.54) is 5.56 Å². The Kier molecular flexibility index (Phi) is 5.90. The van der Waals surface area contributed by atoms with E-state index in [1.54, 1.807) is 0 Å². The monoisotopic (exact) mass is 691 g/mol. The van der Waals surface area contributed by atoms with Gasteiger partial charge in [0, 0.05) is 60.9 Å². The van der Waals surface area contributed by atoms with E-state index in [1.807, 2.05) is 24.3 Å². The van der Waals surface area contributed by atoms with Crippen LogP contribution < -0.4 is 4.90 Å². The topological polar surface area (TPSA) is 58.2 Å². The summed E-state index contributed by atoms with van der Waals surface area (Å²) in [7, 11) is 0. The molecular weight excluding hydrogens is 663 g/mol. The first-order valence-corrected chi connectivity index (χ1v) is 18.3. The maximum Gasteiger partial charge on any atom is 0.160 e. The Labute approximate surface area is 309 Å². The highest BCUT2D eigenvalue weighted by Gasteiger charge is 2.44. The Balaban J connectivity index is 1.07. The van der Waals surface area contributed by atoms with E-state index in [-0.39, 0.29) is 12.0 Å². The Morgan fingerprint density at radius 3 is 2.15 bits per heavy atom. The van der Waals surface area contributed by atoms with Gasteiger partial charge in [0.2, 0.25) is 0 Å². The van der Waals surface area contributed by atoms with Crippen molar-refractivity contribution in [2.24, 2.45) is 0 Å². The fourth-order valence-electron chi connectivity index (χ4n) is 9.32. The molecule has 2 atom stereocenters. The fraction of sp³-hybridized carbons (Fsp3) is 0.0408. The molecule has 4 heterocycles. The summed E-state index contributed by atoms with van der Waals surface area (Å²) in [5.74, 6) is 1.07. The van der Waals surface area contributed by atoms with E-state index in [0.29, 0.717) is 5.56 Å². The minimum Gasteiger partial charge on any atom is -0.458 e. The van der Waals surface area contributed by atoms with Crippen molar-refractivity contribution >= 4 is 72.2 Å². The van der Waals surface area contributed by atoms with Crippen molar-refractivity contribution in [3.8, 4) is 22.9 Å². The second-order valence-corrected chi connectivity index (χ2v) is 14.3. The second kappa shape index (κ2) is 10.9. The van der Waals surface area contributed by atoms with Crippen LogP contribution in [0.2, 0.25) is 0 Å². The van der Waals surface area contributed by atoms with Crippen LogP contribution in [0.1, 0.15) is 34.4 Å². The smallest absolute Gasteiger partial charge is 0.160 e. The van der Waals surface area contributed by atoms with E-state index in [9.17, 15) is 5.26 Å². The number of furan rings is 2.